The number of nitrogens with zero attached hydrogens (tertiary/aromatic N) is 1. The Bertz CT molecular complexity index is 711. The van der Waals surface area contributed by atoms with Gasteiger partial charge < -0.3 is 10.5 Å². The van der Waals surface area contributed by atoms with E-state index in [4.69, 9.17) is 10.5 Å². The summed E-state index contributed by atoms with van der Waals surface area (Å²) >= 11 is 1.26. The van der Waals surface area contributed by atoms with Gasteiger partial charge in [-0.05, 0) is 37.2 Å². The van der Waals surface area contributed by atoms with Crippen LogP contribution in [0.1, 0.15) is 4.88 Å². The maximum absolute atomic E-state index is 12.6. The first kappa shape index (κ1) is 15.8. The van der Waals surface area contributed by atoms with E-state index in [0.717, 1.165) is 4.88 Å². The van der Waals surface area contributed by atoms with Gasteiger partial charge in [0.15, 0.2) is 0 Å². The molecule has 0 bridgehead atoms. The lowest BCUT2D eigenvalue weighted by Crippen LogP contribution is -2.25. The zero-order valence-corrected chi connectivity index (χ0v) is 13.6. The van der Waals surface area contributed by atoms with E-state index in [-0.39, 0.29) is 0 Å². The Morgan fingerprint density at radius 3 is 2.71 bits per heavy atom. The summed E-state index contributed by atoms with van der Waals surface area (Å²) in [6, 6.07) is 10.4. The van der Waals surface area contributed by atoms with Crippen molar-refractivity contribution in [3.05, 3.63) is 41.3 Å². The molecule has 2 rings (SSSR count). The molecule has 1 heterocycles. The first-order valence-corrected chi connectivity index (χ1v) is 8.66. The van der Waals surface area contributed by atoms with Crippen molar-refractivity contribution in [2.75, 3.05) is 25.0 Å². The van der Waals surface area contributed by atoms with Gasteiger partial charge in [-0.25, -0.2) is 8.42 Å². The highest BCUT2D eigenvalue weighted by molar-refractivity contribution is 7.94. The van der Waals surface area contributed by atoms with E-state index in [2.05, 4.69) is 0 Å². The lowest BCUT2D eigenvalue weighted by atomic mass is 10.3. The fourth-order valence-corrected chi connectivity index (χ4v) is 4.58. The highest BCUT2D eigenvalue weighted by Crippen LogP contribution is 2.29. The van der Waals surface area contributed by atoms with Crippen molar-refractivity contribution < 1.29 is 13.2 Å². The second kappa shape index (κ2) is 6.46. The average Bonchev–Trinajstić information content (AvgIpc) is 2.96. The van der Waals surface area contributed by atoms with Gasteiger partial charge in [-0.1, -0.05) is 6.07 Å². The van der Waals surface area contributed by atoms with E-state index in [1.165, 1.54) is 22.7 Å². The Morgan fingerprint density at radius 2 is 2.05 bits per heavy atom. The third-order valence-corrected chi connectivity index (χ3v) is 6.46. The smallest absolute Gasteiger partial charge is 0.273 e. The topological polar surface area (TPSA) is 72.6 Å². The number of hydrogen-bond acceptors (Lipinski definition) is 5. The van der Waals surface area contributed by atoms with Crippen LogP contribution in [0.3, 0.4) is 0 Å². The standard InChI is InChI=1S/C14H18N2O3S2/c1-16(11-4-3-5-12(10-11)19-2)21(17,18)14-7-6-13(20-14)8-9-15/h3-7,10H,8-9,15H2,1-2H3. The average molecular weight is 326 g/mol. The van der Waals surface area contributed by atoms with Crippen LogP contribution < -0.4 is 14.8 Å². The maximum atomic E-state index is 12.6. The van der Waals surface area contributed by atoms with Crippen molar-refractivity contribution in [3.63, 3.8) is 0 Å². The van der Waals surface area contributed by atoms with Gasteiger partial charge in [0.05, 0.1) is 12.8 Å². The summed E-state index contributed by atoms with van der Waals surface area (Å²) in [6.45, 7) is 0.506. The Kier molecular flexibility index (Phi) is 4.87. The Labute approximate surface area is 129 Å². The summed E-state index contributed by atoms with van der Waals surface area (Å²) in [5.74, 6) is 0.615. The molecule has 0 saturated carbocycles. The number of thiophene rings is 1. The maximum Gasteiger partial charge on any atom is 0.273 e. The molecule has 2 N–H and O–H groups in total. The van der Waals surface area contributed by atoms with Crippen molar-refractivity contribution in [3.8, 4) is 5.75 Å². The number of anilines is 1. The minimum absolute atomic E-state index is 0.316. The van der Waals surface area contributed by atoms with Crippen LogP contribution in [0.5, 0.6) is 5.75 Å². The molecule has 0 aliphatic heterocycles. The third kappa shape index (κ3) is 3.37. The van der Waals surface area contributed by atoms with E-state index in [1.54, 1.807) is 37.4 Å². The minimum atomic E-state index is -3.56. The van der Waals surface area contributed by atoms with E-state index in [9.17, 15) is 8.42 Å². The molecular weight excluding hydrogens is 308 g/mol. The fourth-order valence-electron chi connectivity index (χ4n) is 1.85. The summed E-state index contributed by atoms with van der Waals surface area (Å²) in [7, 11) is -0.477. The zero-order valence-electron chi connectivity index (χ0n) is 11.9. The Morgan fingerprint density at radius 1 is 1.29 bits per heavy atom. The van der Waals surface area contributed by atoms with Crippen LogP contribution >= 0.6 is 11.3 Å². The van der Waals surface area contributed by atoms with E-state index in [0.29, 0.717) is 28.6 Å². The number of benzene rings is 1. The van der Waals surface area contributed by atoms with Gasteiger partial charge >= 0.3 is 0 Å². The molecule has 0 aliphatic carbocycles. The Balaban J connectivity index is 2.32. The van der Waals surface area contributed by atoms with E-state index < -0.39 is 10.0 Å². The van der Waals surface area contributed by atoms with Crippen molar-refractivity contribution in [2.45, 2.75) is 10.6 Å². The molecule has 0 radical (unpaired) electrons. The van der Waals surface area contributed by atoms with Crippen LogP contribution in [0.25, 0.3) is 0 Å². The van der Waals surface area contributed by atoms with E-state index in [1.807, 2.05) is 6.07 Å². The molecule has 2 aromatic rings. The molecular formula is C14H18N2O3S2. The highest BCUT2D eigenvalue weighted by Gasteiger charge is 2.23. The second-order valence-corrected chi connectivity index (χ2v) is 7.80. The molecule has 5 nitrogen and oxygen atoms in total. The predicted octanol–water partition coefficient (Wildman–Crippen LogP) is 2.08. The van der Waals surface area contributed by atoms with E-state index >= 15 is 0 Å². The van der Waals surface area contributed by atoms with Crippen LogP contribution in [0.15, 0.2) is 40.6 Å². The van der Waals surface area contributed by atoms with Gasteiger partial charge in [0.2, 0.25) is 0 Å². The molecule has 0 spiro atoms. The number of hydrogen-bond donors (Lipinski definition) is 1. The summed E-state index contributed by atoms with van der Waals surface area (Å²) in [6.07, 6.45) is 0.684. The van der Waals surface area contributed by atoms with Gasteiger partial charge in [-0.2, -0.15) is 0 Å². The predicted molar refractivity (Wildman–Crippen MR) is 85.7 cm³/mol. The minimum Gasteiger partial charge on any atom is -0.497 e. The number of ether oxygens (including phenoxy) is 1. The van der Waals surface area contributed by atoms with Crippen molar-refractivity contribution in [1.29, 1.82) is 0 Å². The summed E-state index contributed by atoms with van der Waals surface area (Å²) in [4.78, 5) is 0.968. The van der Waals surface area contributed by atoms with Gasteiger partial charge in [-0.15, -0.1) is 11.3 Å². The van der Waals surface area contributed by atoms with Crippen LogP contribution in [0.4, 0.5) is 5.69 Å². The number of methoxy groups -OCH3 is 1. The highest BCUT2D eigenvalue weighted by atomic mass is 32.2. The quantitative estimate of drug-likeness (QED) is 0.882. The largest absolute Gasteiger partial charge is 0.497 e. The lowest BCUT2D eigenvalue weighted by molar-refractivity contribution is 0.415. The molecule has 0 atom stereocenters. The summed E-state index contributed by atoms with van der Waals surface area (Å²) in [5, 5.41) is 0. The molecule has 0 fully saturated rings. The molecule has 0 unspecified atom stereocenters. The fraction of sp³-hybridized carbons (Fsp3) is 0.286. The molecule has 0 saturated heterocycles. The molecule has 114 valence electrons. The SMILES string of the molecule is COc1cccc(N(C)S(=O)(=O)c2ccc(CCN)s2)c1. The second-order valence-electron chi connectivity index (χ2n) is 4.43. The van der Waals surface area contributed by atoms with Crippen LogP contribution in [0.2, 0.25) is 0 Å². The van der Waals surface area contributed by atoms with Crippen LogP contribution in [-0.4, -0.2) is 29.1 Å². The normalized spacial score (nSPS) is 11.4. The summed E-state index contributed by atoms with van der Waals surface area (Å²) in [5.41, 5.74) is 6.05. The molecule has 21 heavy (non-hydrogen) atoms. The molecule has 1 aromatic heterocycles. The molecule has 0 aliphatic rings. The Hall–Kier alpha value is -1.57. The van der Waals surface area contributed by atoms with Gasteiger partial charge in [0.1, 0.15) is 9.96 Å². The number of sulfonamides is 1. The van der Waals surface area contributed by atoms with Gasteiger partial charge in [0.25, 0.3) is 10.0 Å². The number of rotatable bonds is 6. The first-order valence-electron chi connectivity index (χ1n) is 6.41. The molecule has 7 heteroatoms. The molecule has 1 aromatic carbocycles. The van der Waals surface area contributed by atoms with Gasteiger partial charge in [-0.3, -0.25) is 4.31 Å². The van der Waals surface area contributed by atoms with Gasteiger partial charge in [0, 0.05) is 18.0 Å². The monoisotopic (exact) mass is 326 g/mol. The van der Waals surface area contributed by atoms with Crippen molar-refractivity contribution >= 4 is 27.0 Å². The zero-order chi connectivity index (χ0) is 15.5. The third-order valence-electron chi connectivity index (χ3n) is 3.06. The first-order chi connectivity index (χ1) is 9.98. The molecule has 0 amide bonds. The lowest BCUT2D eigenvalue weighted by Gasteiger charge is -2.18. The van der Waals surface area contributed by atoms with Crippen LogP contribution in [-0.2, 0) is 16.4 Å². The summed E-state index contributed by atoms with van der Waals surface area (Å²) < 4.78 is 31.9. The van der Waals surface area contributed by atoms with Crippen molar-refractivity contribution in [2.24, 2.45) is 5.73 Å². The van der Waals surface area contributed by atoms with Crippen molar-refractivity contribution in [1.82, 2.24) is 0 Å². The number of nitrogens with two attached hydrogens (primary N) is 1. The van der Waals surface area contributed by atoms with Crippen LogP contribution in [0, 0.1) is 0 Å².